The van der Waals surface area contributed by atoms with Crippen LogP contribution < -0.4 is 10.9 Å². The van der Waals surface area contributed by atoms with Crippen molar-refractivity contribution in [2.24, 2.45) is 7.05 Å². The fourth-order valence-corrected chi connectivity index (χ4v) is 2.58. The van der Waals surface area contributed by atoms with Gasteiger partial charge in [-0.15, -0.1) is 0 Å². The third kappa shape index (κ3) is 3.35. The molecule has 1 aromatic carbocycles. The minimum Gasteiger partial charge on any atom is -0.267 e. The Morgan fingerprint density at radius 2 is 1.72 bits per heavy atom. The van der Waals surface area contributed by atoms with Gasteiger partial charge in [-0.3, -0.25) is 25.1 Å². The minimum atomic E-state index is -0.434. The molecule has 2 aromatic heterocycles. The van der Waals surface area contributed by atoms with Gasteiger partial charge in [0.15, 0.2) is 5.65 Å². The lowest BCUT2D eigenvalue weighted by Crippen LogP contribution is -2.41. The van der Waals surface area contributed by atoms with Gasteiger partial charge in [0.1, 0.15) is 0 Å². The van der Waals surface area contributed by atoms with Crippen LogP contribution in [0.5, 0.6) is 0 Å². The smallest absolute Gasteiger partial charge is 0.267 e. The standard InChI is InChI=1S/C18H19N5O2/c1-4-12-5-7-13(8-6-12)17(24)20-21-18(25)14-9-15-11(2)22-23(3)16(15)19-10-14/h5-10H,4H2,1-3H3,(H,20,24)(H,21,25). The number of nitrogens with zero attached hydrogens (tertiary/aromatic N) is 3. The molecule has 0 aliphatic rings. The first-order valence-electron chi connectivity index (χ1n) is 7.98. The van der Waals surface area contributed by atoms with Crippen molar-refractivity contribution in [3.63, 3.8) is 0 Å². The summed E-state index contributed by atoms with van der Waals surface area (Å²) in [7, 11) is 1.80. The van der Waals surface area contributed by atoms with Crippen LogP contribution in [0.15, 0.2) is 36.5 Å². The quantitative estimate of drug-likeness (QED) is 0.715. The predicted octanol–water partition coefficient (Wildman–Crippen LogP) is 1.91. The van der Waals surface area contributed by atoms with E-state index in [4.69, 9.17) is 0 Å². The number of pyridine rings is 1. The zero-order chi connectivity index (χ0) is 18.0. The average Bonchev–Trinajstić information content (AvgIpc) is 2.93. The first-order chi connectivity index (χ1) is 12.0. The lowest BCUT2D eigenvalue weighted by Gasteiger charge is -2.08. The van der Waals surface area contributed by atoms with Crippen LogP contribution in [-0.2, 0) is 13.5 Å². The summed E-state index contributed by atoms with van der Waals surface area (Å²) in [5.74, 6) is -0.807. The third-order valence-electron chi connectivity index (χ3n) is 4.04. The van der Waals surface area contributed by atoms with E-state index < -0.39 is 5.91 Å². The molecule has 2 N–H and O–H groups in total. The van der Waals surface area contributed by atoms with E-state index in [9.17, 15) is 9.59 Å². The van der Waals surface area contributed by atoms with E-state index in [2.05, 4.69) is 20.9 Å². The summed E-state index contributed by atoms with van der Waals surface area (Å²) in [5.41, 5.74) is 8.30. The zero-order valence-corrected chi connectivity index (χ0v) is 14.3. The van der Waals surface area contributed by atoms with Gasteiger partial charge in [0, 0.05) is 24.2 Å². The maximum Gasteiger partial charge on any atom is 0.271 e. The molecule has 0 aliphatic carbocycles. The molecule has 3 rings (SSSR count). The molecule has 0 atom stereocenters. The van der Waals surface area contributed by atoms with Gasteiger partial charge in [0.2, 0.25) is 0 Å². The SMILES string of the molecule is CCc1ccc(C(=O)NNC(=O)c2cnc3c(c2)c(C)nn3C)cc1. The molecule has 7 heteroatoms. The number of nitrogens with one attached hydrogen (secondary N) is 2. The Labute approximate surface area is 145 Å². The van der Waals surface area contributed by atoms with E-state index in [-0.39, 0.29) is 5.91 Å². The number of aromatic nitrogens is 3. The summed E-state index contributed by atoms with van der Waals surface area (Å²) in [6.07, 6.45) is 2.36. The van der Waals surface area contributed by atoms with E-state index in [0.717, 1.165) is 23.1 Å². The summed E-state index contributed by atoms with van der Waals surface area (Å²) < 4.78 is 1.66. The molecule has 2 amide bonds. The maximum atomic E-state index is 12.2. The van der Waals surface area contributed by atoms with Gasteiger partial charge in [-0.1, -0.05) is 19.1 Å². The molecular weight excluding hydrogens is 318 g/mol. The van der Waals surface area contributed by atoms with E-state index in [0.29, 0.717) is 16.8 Å². The van der Waals surface area contributed by atoms with Crippen LogP contribution in [0, 0.1) is 6.92 Å². The van der Waals surface area contributed by atoms with E-state index in [1.807, 2.05) is 26.0 Å². The van der Waals surface area contributed by atoms with E-state index in [1.54, 1.807) is 29.9 Å². The summed E-state index contributed by atoms with van der Waals surface area (Å²) in [6, 6.07) is 8.95. The Morgan fingerprint density at radius 3 is 2.36 bits per heavy atom. The third-order valence-corrected chi connectivity index (χ3v) is 4.04. The van der Waals surface area contributed by atoms with Gasteiger partial charge in [-0.25, -0.2) is 4.98 Å². The Balaban J connectivity index is 1.69. The van der Waals surface area contributed by atoms with Crippen LogP contribution in [0.1, 0.15) is 38.9 Å². The number of amides is 2. The number of carbonyl (C=O) groups is 2. The molecule has 0 aliphatic heterocycles. The molecule has 0 spiro atoms. The molecular formula is C18H19N5O2. The number of hydrogen-bond donors (Lipinski definition) is 2. The maximum absolute atomic E-state index is 12.2. The monoisotopic (exact) mass is 337 g/mol. The van der Waals surface area contributed by atoms with Crippen molar-refractivity contribution in [2.75, 3.05) is 0 Å². The molecule has 0 saturated heterocycles. The fourth-order valence-electron chi connectivity index (χ4n) is 2.58. The fraction of sp³-hybridized carbons (Fsp3) is 0.222. The molecule has 0 bridgehead atoms. The van der Waals surface area contributed by atoms with Gasteiger partial charge in [-0.05, 0) is 37.1 Å². The molecule has 0 radical (unpaired) electrons. The molecule has 0 unspecified atom stereocenters. The molecule has 7 nitrogen and oxygen atoms in total. The summed E-state index contributed by atoms with van der Waals surface area (Å²) in [6.45, 7) is 3.90. The normalized spacial score (nSPS) is 10.7. The van der Waals surface area contributed by atoms with Crippen LogP contribution >= 0.6 is 0 Å². The van der Waals surface area contributed by atoms with Crippen molar-refractivity contribution in [1.82, 2.24) is 25.6 Å². The minimum absolute atomic E-state index is 0.352. The molecule has 128 valence electrons. The summed E-state index contributed by atoms with van der Waals surface area (Å²) in [5, 5.41) is 5.07. The Hall–Kier alpha value is -3.22. The van der Waals surface area contributed by atoms with Crippen molar-refractivity contribution in [2.45, 2.75) is 20.3 Å². The first kappa shape index (κ1) is 16.6. The van der Waals surface area contributed by atoms with Gasteiger partial charge in [0.05, 0.1) is 11.3 Å². The Kier molecular flexibility index (Phi) is 4.47. The number of hydrazine groups is 1. The van der Waals surface area contributed by atoms with Crippen molar-refractivity contribution in [3.05, 3.63) is 58.9 Å². The Bertz CT molecular complexity index is 944. The Morgan fingerprint density at radius 1 is 1.08 bits per heavy atom. The highest BCUT2D eigenvalue weighted by Gasteiger charge is 2.13. The van der Waals surface area contributed by atoms with Crippen molar-refractivity contribution < 1.29 is 9.59 Å². The van der Waals surface area contributed by atoms with Crippen molar-refractivity contribution in [3.8, 4) is 0 Å². The summed E-state index contributed by atoms with van der Waals surface area (Å²) in [4.78, 5) is 28.6. The topological polar surface area (TPSA) is 88.9 Å². The van der Waals surface area contributed by atoms with Gasteiger partial charge in [0.25, 0.3) is 11.8 Å². The molecule has 25 heavy (non-hydrogen) atoms. The van der Waals surface area contributed by atoms with Gasteiger partial charge < -0.3 is 0 Å². The van der Waals surface area contributed by atoms with Crippen LogP contribution in [0.25, 0.3) is 11.0 Å². The predicted molar refractivity (Wildman–Crippen MR) is 94.0 cm³/mol. The number of fused-ring (bicyclic) bond motifs is 1. The molecule has 3 aromatic rings. The number of hydrogen-bond acceptors (Lipinski definition) is 4. The lowest BCUT2D eigenvalue weighted by atomic mass is 10.1. The van der Waals surface area contributed by atoms with Crippen molar-refractivity contribution >= 4 is 22.8 Å². The van der Waals surface area contributed by atoms with Crippen LogP contribution in [0.4, 0.5) is 0 Å². The number of rotatable bonds is 3. The highest BCUT2D eigenvalue weighted by Crippen LogP contribution is 2.16. The second-order valence-corrected chi connectivity index (χ2v) is 5.76. The van der Waals surface area contributed by atoms with Crippen LogP contribution in [0.3, 0.4) is 0 Å². The highest BCUT2D eigenvalue weighted by atomic mass is 16.2. The van der Waals surface area contributed by atoms with E-state index >= 15 is 0 Å². The number of benzene rings is 1. The van der Waals surface area contributed by atoms with Crippen LogP contribution in [0.2, 0.25) is 0 Å². The average molecular weight is 337 g/mol. The second kappa shape index (κ2) is 6.72. The molecule has 0 fully saturated rings. The van der Waals surface area contributed by atoms with E-state index in [1.165, 1.54) is 6.20 Å². The van der Waals surface area contributed by atoms with Gasteiger partial charge in [-0.2, -0.15) is 5.10 Å². The molecule has 2 heterocycles. The van der Waals surface area contributed by atoms with Crippen molar-refractivity contribution in [1.29, 1.82) is 0 Å². The summed E-state index contributed by atoms with van der Waals surface area (Å²) >= 11 is 0. The zero-order valence-electron chi connectivity index (χ0n) is 14.3. The van der Waals surface area contributed by atoms with Gasteiger partial charge >= 0.3 is 0 Å². The second-order valence-electron chi connectivity index (χ2n) is 5.76. The van der Waals surface area contributed by atoms with Crippen LogP contribution in [-0.4, -0.2) is 26.6 Å². The lowest BCUT2D eigenvalue weighted by molar-refractivity contribution is 0.0846. The largest absolute Gasteiger partial charge is 0.271 e. The molecule has 0 saturated carbocycles. The number of carbonyl (C=O) groups excluding carboxylic acids is 2. The number of aryl methyl sites for hydroxylation is 3. The highest BCUT2D eigenvalue weighted by molar-refractivity contribution is 6.00. The first-order valence-corrected chi connectivity index (χ1v) is 7.98.